The van der Waals surface area contributed by atoms with Crippen molar-refractivity contribution >= 4 is 6.08 Å². The number of rotatable bonds is 2. The van der Waals surface area contributed by atoms with Crippen molar-refractivity contribution in [2.24, 2.45) is 0 Å². The maximum atomic E-state index is 8.86. The Morgan fingerprint density at radius 2 is 1.69 bits per heavy atom. The Balaban J connectivity index is 0.000000318. The monoisotopic (exact) mass is 256 g/mol. The van der Waals surface area contributed by atoms with Crippen molar-refractivity contribution in [2.45, 2.75) is 13.0 Å². The van der Waals surface area contributed by atoms with E-state index in [2.05, 4.69) is 0 Å². The van der Waals surface area contributed by atoms with Crippen LogP contribution in [0.1, 0.15) is 12.5 Å². The largest absolute Gasteiger partial charge is 2.00 e. The molecule has 0 radical (unpaired) electrons. The number of aliphatic hydroxyl groups excluding tert-OH is 1. The summed E-state index contributed by atoms with van der Waals surface area (Å²) in [4.78, 5) is 0. The van der Waals surface area contributed by atoms with Crippen molar-refractivity contribution in [2.75, 3.05) is 0 Å². The Morgan fingerprint density at radius 1 is 1.12 bits per heavy atom. The predicted octanol–water partition coefficient (Wildman–Crippen LogP) is 3.20. The van der Waals surface area contributed by atoms with E-state index < -0.39 is 0 Å². The molecule has 1 atom stereocenters. The quantitative estimate of drug-likeness (QED) is 0.646. The molecular weight excluding hydrogens is 240 g/mol. The van der Waals surface area contributed by atoms with Crippen molar-refractivity contribution in [1.82, 2.24) is 0 Å². The van der Waals surface area contributed by atoms with Crippen molar-refractivity contribution in [3.63, 3.8) is 0 Å². The molecule has 1 unspecified atom stereocenters. The van der Waals surface area contributed by atoms with Gasteiger partial charge in [0.05, 0.1) is 0 Å². The zero-order valence-electron chi connectivity index (χ0n) is 9.23. The normalized spacial score (nSPS) is 11.4. The summed E-state index contributed by atoms with van der Waals surface area (Å²) in [5, 5.41) is 8.86. The second kappa shape index (κ2) is 9.17. The van der Waals surface area contributed by atoms with E-state index in [1.54, 1.807) is 13.0 Å². The fourth-order valence-corrected chi connectivity index (χ4v) is 1.07. The van der Waals surface area contributed by atoms with E-state index in [9.17, 15) is 0 Å². The third kappa shape index (κ3) is 7.24. The second-order valence-corrected chi connectivity index (χ2v) is 3.28. The molecule has 0 aliphatic carbocycles. The SMILES string of the molecule is CC(O)C=C[c-]1cccc1.[Fe+2].c1cc[cH-]c1. The van der Waals surface area contributed by atoms with Crippen LogP contribution in [0.3, 0.4) is 0 Å². The number of aliphatic hydroxyl groups is 1. The molecule has 2 rings (SSSR count). The summed E-state index contributed by atoms with van der Waals surface area (Å²) in [5.41, 5.74) is 1.14. The van der Waals surface area contributed by atoms with Gasteiger partial charge < -0.3 is 5.11 Å². The summed E-state index contributed by atoms with van der Waals surface area (Å²) in [7, 11) is 0. The standard InChI is InChI=1S/C9H11O.C5H5.Fe/c1-8(10)6-7-9-4-2-3-5-9;1-2-4-5-3-1;/h2-8,10H,1H3;1-5H;/q2*-1;+2. The molecule has 2 heteroatoms. The minimum Gasteiger partial charge on any atom is -0.399 e. The van der Waals surface area contributed by atoms with E-state index in [1.807, 2.05) is 60.7 Å². The van der Waals surface area contributed by atoms with Crippen LogP contribution in [0.5, 0.6) is 0 Å². The van der Waals surface area contributed by atoms with E-state index in [-0.39, 0.29) is 23.2 Å². The molecule has 0 saturated heterocycles. The molecule has 2 aromatic carbocycles. The number of hydrogen-bond acceptors (Lipinski definition) is 1. The first-order valence-electron chi connectivity index (χ1n) is 5.03. The molecule has 1 N–H and O–H groups in total. The van der Waals surface area contributed by atoms with Crippen LogP contribution < -0.4 is 0 Å². The zero-order valence-corrected chi connectivity index (χ0v) is 10.3. The molecule has 0 heterocycles. The van der Waals surface area contributed by atoms with Gasteiger partial charge >= 0.3 is 17.1 Å². The van der Waals surface area contributed by atoms with E-state index in [0.29, 0.717) is 0 Å². The molecule has 0 fully saturated rings. The molecule has 16 heavy (non-hydrogen) atoms. The van der Waals surface area contributed by atoms with Gasteiger partial charge in [0.25, 0.3) is 0 Å². The molecule has 0 aliphatic rings. The van der Waals surface area contributed by atoms with Crippen LogP contribution in [0.15, 0.2) is 60.7 Å². The van der Waals surface area contributed by atoms with Crippen molar-refractivity contribution in [3.8, 4) is 0 Å². The molecular formula is C14H16FeO. The summed E-state index contributed by atoms with van der Waals surface area (Å²) in [6.45, 7) is 1.74. The Kier molecular flexibility index (Phi) is 8.55. The van der Waals surface area contributed by atoms with Gasteiger partial charge in [0, 0.05) is 6.10 Å². The molecule has 2 aromatic rings. The van der Waals surface area contributed by atoms with Crippen LogP contribution in [-0.2, 0) is 17.1 Å². The van der Waals surface area contributed by atoms with Gasteiger partial charge in [-0.3, -0.25) is 0 Å². The fourth-order valence-electron chi connectivity index (χ4n) is 1.07. The molecule has 0 amide bonds. The molecule has 1 nitrogen and oxygen atoms in total. The van der Waals surface area contributed by atoms with Gasteiger partial charge in [-0.1, -0.05) is 0 Å². The first-order valence-corrected chi connectivity index (χ1v) is 5.03. The minimum absolute atomic E-state index is 0. The molecule has 0 aliphatic heterocycles. The van der Waals surface area contributed by atoms with Gasteiger partial charge in [-0.15, -0.1) is 29.8 Å². The maximum Gasteiger partial charge on any atom is 2.00 e. The minimum atomic E-state index is -0.352. The number of hydrogen-bond donors (Lipinski definition) is 1. The van der Waals surface area contributed by atoms with Gasteiger partial charge in [0.2, 0.25) is 0 Å². The Bertz CT molecular complexity index is 327. The fraction of sp³-hybridized carbons (Fsp3) is 0.143. The Morgan fingerprint density at radius 3 is 2.06 bits per heavy atom. The van der Waals surface area contributed by atoms with Crippen molar-refractivity contribution < 1.29 is 22.2 Å². The third-order valence-corrected chi connectivity index (χ3v) is 1.81. The van der Waals surface area contributed by atoms with Gasteiger partial charge in [-0.2, -0.15) is 30.3 Å². The first kappa shape index (κ1) is 14.9. The van der Waals surface area contributed by atoms with E-state index >= 15 is 0 Å². The average molecular weight is 256 g/mol. The third-order valence-electron chi connectivity index (χ3n) is 1.81. The van der Waals surface area contributed by atoms with E-state index in [1.165, 1.54) is 0 Å². The summed E-state index contributed by atoms with van der Waals surface area (Å²) < 4.78 is 0. The van der Waals surface area contributed by atoms with Crippen LogP contribution in [-0.4, -0.2) is 11.2 Å². The van der Waals surface area contributed by atoms with Gasteiger partial charge in [-0.25, -0.2) is 12.1 Å². The van der Waals surface area contributed by atoms with Crippen LogP contribution in [0.2, 0.25) is 0 Å². The van der Waals surface area contributed by atoms with Gasteiger partial charge in [-0.05, 0) is 6.92 Å². The smallest absolute Gasteiger partial charge is 0.399 e. The summed E-state index contributed by atoms with van der Waals surface area (Å²) in [6, 6.07) is 17.9. The second-order valence-electron chi connectivity index (χ2n) is 3.28. The van der Waals surface area contributed by atoms with Crippen LogP contribution in [0.4, 0.5) is 0 Å². The first-order chi connectivity index (χ1) is 7.29. The summed E-state index contributed by atoms with van der Waals surface area (Å²) in [6.07, 6.45) is 3.31. The van der Waals surface area contributed by atoms with Gasteiger partial charge in [0.1, 0.15) is 0 Å². The van der Waals surface area contributed by atoms with Crippen LogP contribution >= 0.6 is 0 Å². The van der Waals surface area contributed by atoms with Crippen LogP contribution in [0, 0.1) is 0 Å². The van der Waals surface area contributed by atoms with Crippen LogP contribution in [0.25, 0.3) is 6.08 Å². The maximum absolute atomic E-state index is 8.86. The predicted molar refractivity (Wildman–Crippen MR) is 64.8 cm³/mol. The van der Waals surface area contributed by atoms with Crippen molar-refractivity contribution in [3.05, 3.63) is 66.2 Å². The van der Waals surface area contributed by atoms with Crippen molar-refractivity contribution in [1.29, 1.82) is 0 Å². The Hall–Kier alpha value is -1.08. The molecule has 0 aromatic heterocycles. The molecule has 0 saturated carbocycles. The summed E-state index contributed by atoms with van der Waals surface area (Å²) >= 11 is 0. The molecule has 0 bridgehead atoms. The van der Waals surface area contributed by atoms with E-state index in [4.69, 9.17) is 5.11 Å². The Labute approximate surface area is 108 Å². The van der Waals surface area contributed by atoms with Gasteiger partial charge in [0.15, 0.2) is 0 Å². The molecule has 0 spiro atoms. The zero-order chi connectivity index (χ0) is 10.9. The summed E-state index contributed by atoms with van der Waals surface area (Å²) in [5.74, 6) is 0. The van der Waals surface area contributed by atoms with E-state index in [0.717, 1.165) is 5.56 Å². The average Bonchev–Trinajstić information content (AvgIpc) is 2.91. The topological polar surface area (TPSA) is 20.2 Å². The molecule has 86 valence electrons.